The lowest BCUT2D eigenvalue weighted by Gasteiger charge is -2.09. The van der Waals surface area contributed by atoms with E-state index in [2.05, 4.69) is 6.07 Å². The largest absolute Gasteiger partial charge is 0.381 e. The molecule has 2 rings (SSSR count). The van der Waals surface area contributed by atoms with Crippen molar-refractivity contribution in [1.29, 1.82) is 5.26 Å². The molecule has 0 aromatic carbocycles. The Bertz CT molecular complexity index is 217. The Labute approximate surface area is 72.3 Å². The van der Waals surface area contributed by atoms with E-state index in [9.17, 15) is 0 Å². The smallest absolute Gasteiger partial charge is 0.173 e. The molecule has 0 spiro atoms. The zero-order valence-electron chi connectivity index (χ0n) is 7.25. The fourth-order valence-corrected chi connectivity index (χ4v) is 1.87. The molecule has 0 N–H and O–H groups in total. The molecule has 0 aliphatic carbocycles. The Morgan fingerprint density at radius 2 is 2.50 bits per heavy atom. The van der Waals surface area contributed by atoms with E-state index >= 15 is 0 Å². The summed E-state index contributed by atoms with van der Waals surface area (Å²) in [5, 5.41) is 8.61. The van der Waals surface area contributed by atoms with Crippen LogP contribution < -0.4 is 0 Å². The standard InChI is InChI=1S/C9H13NO2/c1-9(8(5-10)12-9)4-7-2-3-11-6-7/h7-8H,2-4,6H2,1H3. The van der Waals surface area contributed by atoms with Crippen molar-refractivity contribution in [2.24, 2.45) is 5.92 Å². The van der Waals surface area contributed by atoms with Crippen molar-refractivity contribution in [3.63, 3.8) is 0 Å². The Morgan fingerprint density at radius 3 is 3.00 bits per heavy atom. The van der Waals surface area contributed by atoms with Crippen molar-refractivity contribution in [3.8, 4) is 6.07 Å². The molecule has 2 aliphatic rings. The first-order valence-corrected chi connectivity index (χ1v) is 4.40. The van der Waals surface area contributed by atoms with E-state index in [1.54, 1.807) is 0 Å². The Hall–Kier alpha value is -0.590. The maximum Gasteiger partial charge on any atom is 0.173 e. The summed E-state index contributed by atoms with van der Waals surface area (Å²) in [6.45, 7) is 3.73. The number of nitriles is 1. The number of nitrogens with zero attached hydrogens (tertiary/aromatic N) is 1. The van der Waals surface area contributed by atoms with Crippen molar-refractivity contribution < 1.29 is 9.47 Å². The molecular formula is C9H13NO2. The van der Waals surface area contributed by atoms with Crippen LogP contribution in [0.25, 0.3) is 0 Å². The predicted octanol–water partition coefficient (Wildman–Crippen LogP) is 1.09. The van der Waals surface area contributed by atoms with E-state index in [1.165, 1.54) is 0 Å². The van der Waals surface area contributed by atoms with Gasteiger partial charge in [0.1, 0.15) is 5.60 Å². The minimum atomic E-state index is -0.168. The summed E-state index contributed by atoms with van der Waals surface area (Å²) in [7, 11) is 0. The predicted molar refractivity (Wildman–Crippen MR) is 42.4 cm³/mol. The number of rotatable bonds is 2. The van der Waals surface area contributed by atoms with E-state index in [0.29, 0.717) is 5.92 Å². The fourth-order valence-electron chi connectivity index (χ4n) is 1.87. The van der Waals surface area contributed by atoms with Crippen LogP contribution in [0.3, 0.4) is 0 Å². The quantitative estimate of drug-likeness (QED) is 0.578. The first-order valence-electron chi connectivity index (χ1n) is 4.40. The lowest BCUT2D eigenvalue weighted by atomic mass is 9.93. The lowest BCUT2D eigenvalue weighted by Crippen LogP contribution is -2.15. The molecular weight excluding hydrogens is 154 g/mol. The Kier molecular flexibility index (Phi) is 1.82. The molecule has 0 saturated carbocycles. The van der Waals surface area contributed by atoms with Crippen LogP contribution in [0.15, 0.2) is 0 Å². The molecule has 0 aromatic heterocycles. The topological polar surface area (TPSA) is 45.5 Å². The number of hydrogen-bond acceptors (Lipinski definition) is 3. The van der Waals surface area contributed by atoms with Crippen LogP contribution in [0.5, 0.6) is 0 Å². The summed E-state index contributed by atoms with van der Waals surface area (Å²) in [4.78, 5) is 0. The highest BCUT2D eigenvalue weighted by Crippen LogP contribution is 2.42. The monoisotopic (exact) mass is 167 g/mol. The second kappa shape index (κ2) is 2.72. The molecule has 0 bridgehead atoms. The number of ether oxygens (including phenoxy) is 2. The van der Waals surface area contributed by atoms with Crippen molar-refractivity contribution in [2.75, 3.05) is 13.2 Å². The molecule has 0 aromatic rings. The Balaban J connectivity index is 1.84. The third-order valence-corrected chi connectivity index (χ3v) is 2.72. The third kappa shape index (κ3) is 1.33. The second-order valence-electron chi connectivity index (χ2n) is 3.87. The fraction of sp³-hybridized carbons (Fsp3) is 0.889. The molecule has 3 unspecified atom stereocenters. The van der Waals surface area contributed by atoms with Gasteiger partial charge in [-0.15, -0.1) is 0 Å². The zero-order valence-corrected chi connectivity index (χ0v) is 7.25. The SMILES string of the molecule is CC1(CC2CCOC2)OC1C#N. The molecule has 2 aliphatic heterocycles. The summed E-state index contributed by atoms with van der Waals surface area (Å²) >= 11 is 0. The first kappa shape index (κ1) is 8.03. The van der Waals surface area contributed by atoms with Crippen LogP contribution in [0.1, 0.15) is 19.8 Å². The van der Waals surface area contributed by atoms with Crippen LogP contribution in [0, 0.1) is 17.2 Å². The van der Waals surface area contributed by atoms with Gasteiger partial charge in [0.25, 0.3) is 0 Å². The van der Waals surface area contributed by atoms with Gasteiger partial charge in [0, 0.05) is 13.2 Å². The molecule has 12 heavy (non-hydrogen) atoms. The van der Waals surface area contributed by atoms with Crippen molar-refractivity contribution in [3.05, 3.63) is 0 Å². The molecule has 0 radical (unpaired) electrons. The third-order valence-electron chi connectivity index (χ3n) is 2.72. The average molecular weight is 167 g/mol. The van der Waals surface area contributed by atoms with Gasteiger partial charge in [-0.3, -0.25) is 0 Å². The van der Waals surface area contributed by atoms with Crippen molar-refractivity contribution >= 4 is 0 Å². The molecule has 2 fully saturated rings. The molecule has 3 nitrogen and oxygen atoms in total. The van der Waals surface area contributed by atoms with E-state index in [1.807, 2.05) is 6.92 Å². The van der Waals surface area contributed by atoms with Gasteiger partial charge < -0.3 is 9.47 Å². The van der Waals surface area contributed by atoms with Crippen molar-refractivity contribution in [2.45, 2.75) is 31.5 Å². The van der Waals surface area contributed by atoms with Gasteiger partial charge >= 0.3 is 0 Å². The first-order chi connectivity index (χ1) is 5.74. The summed E-state index contributed by atoms with van der Waals surface area (Å²) < 4.78 is 10.6. The van der Waals surface area contributed by atoms with Gasteiger partial charge in [-0.05, 0) is 25.7 Å². The van der Waals surface area contributed by atoms with Crippen LogP contribution in [-0.2, 0) is 9.47 Å². The summed E-state index contributed by atoms with van der Waals surface area (Å²) in [6.07, 6.45) is 1.93. The van der Waals surface area contributed by atoms with Crippen LogP contribution in [0.2, 0.25) is 0 Å². The van der Waals surface area contributed by atoms with Gasteiger partial charge in [0.05, 0.1) is 6.07 Å². The number of epoxide rings is 1. The molecule has 3 atom stereocenters. The molecule has 0 amide bonds. The number of hydrogen-bond donors (Lipinski definition) is 0. The van der Waals surface area contributed by atoms with Gasteiger partial charge in [-0.25, -0.2) is 0 Å². The Morgan fingerprint density at radius 1 is 1.67 bits per heavy atom. The van der Waals surface area contributed by atoms with Crippen LogP contribution >= 0.6 is 0 Å². The minimum Gasteiger partial charge on any atom is -0.381 e. The lowest BCUT2D eigenvalue weighted by molar-refractivity contribution is 0.175. The van der Waals surface area contributed by atoms with Gasteiger partial charge in [-0.2, -0.15) is 5.26 Å². The average Bonchev–Trinajstić information content (AvgIpc) is 2.48. The van der Waals surface area contributed by atoms with E-state index < -0.39 is 0 Å². The van der Waals surface area contributed by atoms with E-state index in [4.69, 9.17) is 14.7 Å². The van der Waals surface area contributed by atoms with E-state index in [-0.39, 0.29) is 11.7 Å². The molecule has 2 saturated heterocycles. The van der Waals surface area contributed by atoms with Crippen LogP contribution in [-0.4, -0.2) is 24.9 Å². The molecule has 3 heteroatoms. The maximum atomic E-state index is 8.61. The summed E-state index contributed by atoms with van der Waals surface area (Å²) in [6, 6.07) is 2.14. The highest BCUT2D eigenvalue weighted by Gasteiger charge is 2.53. The highest BCUT2D eigenvalue weighted by atomic mass is 16.6. The maximum absolute atomic E-state index is 8.61. The summed E-state index contributed by atoms with van der Waals surface area (Å²) in [5.74, 6) is 0.605. The highest BCUT2D eigenvalue weighted by molar-refractivity contribution is 5.12. The van der Waals surface area contributed by atoms with Gasteiger partial charge in [0.15, 0.2) is 6.10 Å². The molecule has 66 valence electrons. The van der Waals surface area contributed by atoms with Crippen LogP contribution in [0.4, 0.5) is 0 Å². The summed E-state index contributed by atoms with van der Waals surface area (Å²) in [5.41, 5.74) is -0.160. The van der Waals surface area contributed by atoms with Crippen molar-refractivity contribution in [1.82, 2.24) is 0 Å². The van der Waals surface area contributed by atoms with Gasteiger partial charge in [0.2, 0.25) is 0 Å². The zero-order chi connectivity index (χ0) is 8.60. The van der Waals surface area contributed by atoms with E-state index in [0.717, 1.165) is 26.1 Å². The second-order valence-corrected chi connectivity index (χ2v) is 3.87. The normalized spacial score (nSPS) is 45.7. The minimum absolute atomic E-state index is 0.160. The van der Waals surface area contributed by atoms with Gasteiger partial charge in [-0.1, -0.05) is 0 Å². The molecule has 2 heterocycles.